The van der Waals surface area contributed by atoms with E-state index in [1.807, 2.05) is 47.6 Å². The summed E-state index contributed by atoms with van der Waals surface area (Å²) >= 11 is 0. The van der Waals surface area contributed by atoms with Crippen LogP contribution in [0.4, 0.5) is 10.5 Å². The molecule has 1 fully saturated rings. The first kappa shape index (κ1) is 27.0. The number of hydrogen-bond donors (Lipinski definition) is 2. The number of esters is 1. The number of benzene rings is 1. The van der Waals surface area contributed by atoms with Gasteiger partial charge in [0.05, 0.1) is 5.56 Å². The summed E-state index contributed by atoms with van der Waals surface area (Å²) in [5.41, 5.74) is -0.100. The van der Waals surface area contributed by atoms with Crippen molar-refractivity contribution >= 4 is 17.7 Å². The number of carbonyl (C=O) groups excluding carboxylic acids is 2. The smallest absolute Gasteiger partial charge is 0.410 e. The molecule has 1 amide bonds. The lowest BCUT2D eigenvalue weighted by molar-refractivity contribution is 0.00679. The van der Waals surface area contributed by atoms with E-state index in [4.69, 9.17) is 9.47 Å². The summed E-state index contributed by atoms with van der Waals surface area (Å²) in [6.07, 6.45) is 3.80. The van der Waals surface area contributed by atoms with Crippen molar-refractivity contribution in [3.05, 3.63) is 54.2 Å². The first-order valence-electron chi connectivity index (χ1n) is 12.6. The largest absolute Gasteiger partial charge is 0.456 e. The minimum Gasteiger partial charge on any atom is -0.456 e. The van der Waals surface area contributed by atoms with E-state index in [1.54, 1.807) is 35.4 Å². The molecule has 38 heavy (non-hydrogen) atoms. The molecule has 2 N–H and O–H groups in total. The fraction of sp³-hybridized carbons (Fsp3) is 0.481. The van der Waals surface area contributed by atoms with E-state index in [1.165, 1.54) is 6.33 Å². The molecule has 0 unspecified atom stereocenters. The number of nitrogens with one attached hydrogen (secondary N) is 2. The van der Waals surface area contributed by atoms with Crippen LogP contribution in [0.1, 0.15) is 70.6 Å². The van der Waals surface area contributed by atoms with E-state index in [9.17, 15) is 9.59 Å². The van der Waals surface area contributed by atoms with Gasteiger partial charge in [-0.2, -0.15) is 0 Å². The highest BCUT2D eigenvalue weighted by atomic mass is 16.6. The Morgan fingerprint density at radius 3 is 2.34 bits per heavy atom. The van der Waals surface area contributed by atoms with Crippen LogP contribution in [0.25, 0.3) is 11.5 Å². The van der Waals surface area contributed by atoms with E-state index < -0.39 is 22.7 Å². The highest BCUT2D eigenvalue weighted by molar-refractivity contribution is 5.90. The molecule has 4 rings (SSSR count). The summed E-state index contributed by atoms with van der Waals surface area (Å²) in [5, 5.41) is 12.4. The van der Waals surface area contributed by atoms with Gasteiger partial charge < -0.3 is 24.7 Å². The zero-order valence-corrected chi connectivity index (χ0v) is 22.7. The number of hydrogen-bond acceptors (Lipinski definition) is 9. The highest BCUT2D eigenvalue weighted by Gasteiger charge is 2.41. The van der Waals surface area contributed by atoms with Crippen molar-refractivity contribution in [3.8, 4) is 11.5 Å². The SMILES string of the molecule is CC(C)(C)OC(=O)c1cccc(NC2(c3nnc(-c4ccncn4)[nH]3)CCN(C(=O)OC(C)(C)C)CC2)c1. The van der Waals surface area contributed by atoms with Gasteiger partial charge in [-0.25, -0.2) is 19.6 Å². The third-order valence-corrected chi connectivity index (χ3v) is 5.91. The monoisotopic (exact) mass is 521 g/mol. The lowest BCUT2D eigenvalue weighted by atomic mass is 9.86. The van der Waals surface area contributed by atoms with Crippen LogP contribution in [-0.4, -0.2) is 66.4 Å². The summed E-state index contributed by atoms with van der Waals surface area (Å²) in [6.45, 7) is 11.9. The Kier molecular flexibility index (Phi) is 7.39. The van der Waals surface area contributed by atoms with Crippen molar-refractivity contribution in [2.45, 2.75) is 71.1 Å². The van der Waals surface area contributed by atoms with Crippen LogP contribution in [0.3, 0.4) is 0 Å². The topological polar surface area (TPSA) is 135 Å². The van der Waals surface area contributed by atoms with Gasteiger partial charge in [-0.1, -0.05) is 6.07 Å². The number of rotatable bonds is 5. The Morgan fingerprint density at radius 1 is 1.00 bits per heavy atom. The molecule has 0 radical (unpaired) electrons. The van der Waals surface area contributed by atoms with Gasteiger partial charge in [0.2, 0.25) is 0 Å². The molecule has 2 aromatic heterocycles. The van der Waals surface area contributed by atoms with E-state index in [2.05, 4.69) is 30.5 Å². The number of amides is 1. The molecule has 1 saturated heterocycles. The van der Waals surface area contributed by atoms with Crippen LogP contribution in [0.2, 0.25) is 0 Å². The van der Waals surface area contributed by atoms with Gasteiger partial charge in [-0.15, -0.1) is 10.2 Å². The maximum Gasteiger partial charge on any atom is 0.410 e. The quantitative estimate of drug-likeness (QED) is 0.463. The Bertz CT molecular complexity index is 1270. The fourth-order valence-corrected chi connectivity index (χ4v) is 4.18. The number of nitrogens with zero attached hydrogens (tertiary/aromatic N) is 5. The summed E-state index contributed by atoms with van der Waals surface area (Å²) in [7, 11) is 0. The maximum atomic E-state index is 12.7. The zero-order chi connectivity index (χ0) is 27.6. The number of carbonyl (C=O) groups is 2. The number of anilines is 1. The van der Waals surface area contributed by atoms with Crippen molar-refractivity contribution in [1.82, 2.24) is 30.0 Å². The first-order valence-corrected chi connectivity index (χ1v) is 12.6. The maximum absolute atomic E-state index is 12.7. The third-order valence-electron chi connectivity index (χ3n) is 5.91. The minimum atomic E-state index is -0.691. The van der Waals surface area contributed by atoms with E-state index in [0.29, 0.717) is 48.8 Å². The van der Waals surface area contributed by atoms with Crippen molar-refractivity contribution in [2.24, 2.45) is 0 Å². The first-order chi connectivity index (χ1) is 17.8. The average molecular weight is 522 g/mol. The second-order valence-corrected chi connectivity index (χ2v) is 11.4. The van der Waals surface area contributed by atoms with Crippen LogP contribution < -0.4 is 5.32 Å². The molecular weight excluding hydrogens is 486 g/mol. The summed E-state index contributed by atoms with van der Waals surface area (Å²) in [4.78, 5) is 38.6. The molecule has 3 aromatic rings. The van der Waals surface area contributed by atoms with Crippen LogP contribution in [0, 0.1) is 0 Å². The average Bonchev–Trinajstić information content (AvgIpc) is 3.34. The molecule has 1 aliphatic rings. The second kappa shape index (κ2) is 10.4. The Hall–Kier alpha value is -4.02. The van der Waals surface area contributed by atoms with Gasteiger partial charge in [0.1, 0.15) is 28.8 Å². The van der Waals surface area contributed by atoms with E-state index in [0.717, 1.165) is 5.69 Å². The Balaban J connectivity index is 1.62. The lowest BCUT2D eigenvalue weighted by Crippen LogP contribution is -2.50. The molecular formula is C27H35N7O4. The number of likely N-dealkylation sites (tertiary alicyclic amines) is 1. The molecule has 0 atom stereocenters. The van der Waals surface area contributed by atoms with Crippen molar-refractivity contribution in [1.29, 1.82) is 0 Å². The molecule has 1 aliphatic heterocycles. The third kappa shape index (κ3) is 6.64. The van der Waals surface area contributed by atoms with Crippen molar-refractivity contribution in [3.63, 3.8) is 0 Å². The normalized spacial score (nSPS) is 15.6. The predicted molar refractivity (Wildman–Crippen MR) is 141 cm³/mol. The fourth-order valence-electron chi connectivity index (χ4n) is 4.18. The molecule has 1 aromatic carbocycles. The Labute approximate surface area is 222 Å². The number of H-pyrrole nitrogens is 1. The molecule has 11 nitrogen and oxygen atoms in total. The Morgan fingerprint density at radius 2 is 1.71 bits per heavy atom. The molecule has 0 bridgehead atoms. The second-order valence-electron chi connectivity index (χ2n) is 11.4. The van der Waals surface area contributed by atoms with Gasteiger partial charge in [0.15, 0.2) is 11.6 Å². The van der Waals surface area contributed by atoms with Gasteiger partial charge in [-0.05, 0) is 78.6 Å². The zero-order valence-electron chi connectivity index (χ0n) is 22.7. The van der Waals surface area contributed by atoms with Gasteiger partial charge in [0.25, 0.3) is 0 Å². The van der Waals surface area contributed by atoms with Crippen LogP contribution in [-0.2, 0) is 15.0 Å². The van der Waals surface area contributed by atoms with Gasteiger partial charge in [0, 0.05) is 25.0 Å². The standard InChI is InChI=1S/C27H35N7O4/c1-25(2,3)37-22(35)18-8-7-9-19(16-18)31-27(11-14-34(15-12-27)24(36)38-26(4,5)6)23-30-21(32-33-23)20-10-13-28-17-29-20/h7-10,13,16-17,31H,11-12,14-15H2,1-6H3,(H,30,32,33). The number of ether oxygens (including phenoxy) is 2. The van der Waals surface area contributed by atoms with Crippen LogP contribution in [0.15, 0.2) is 42.9 Å². The number of aromatic amines is 1. The van der Waals surface area contributed by atoms with E-state index in [-0.39, 0.29) is 6.09 Å². The lowest BCUT2D eigenvalue weighted by Gasteiger charge is -2.41. The highest BCUT2D eigenvalue weighted by Crippen LogP contribution is 2.36. The predicted octanol–water partition coefficient (Wildman–Crippen LogP) is 4.56. The summed E-state index contributed by atoms with van der Waals surface area (Å²) in [6, 6.07) is 8.92. The molecule has 3 heterocycles. The number of piperidine rings is 1. The van der Waals surface area contributed by atoms with Crippen molar-refractivity contribution < 1.29 is 19.1 Å². The molecule has 11 heteroatoms. The summed E-state index contributed by atoms with van der Waals surface area (Å²) in [5.74, 6) is 0.721. The van der Waals surface area contributed by atoms with E-state index >= 15 is 0 Å². The summed E-state index contributed by atoms with van der Waals surface area (Å²) < 4.78 is 11.1. The van der Waals surface area contributed by atoms with Gasteiger partial charge in [-0.3, -0.25) is 0 Å². The molecule has 202 valence electrons. The van der Waals surface area contributed by atoms with Crippen LogP contribution in [0.5, 0.6) is 0 Å². The molecule has 0 spiro atoms. The minimum absolute atomic E-state index is 0.350. The number of aromatic nitrogens is 5. The molecule has 0 saturated carbocycles. The van der Waals surface area contributed by atoms with Crippen LogP contribution >= 0.6 is 0 Å². The van der Waals surface area contributed by atoms with Gasteiger partial charge >= 0.3 is 12.1 Å². The van der Waals surface area contributed by atoms with Crippen molar-refractivity contribution in [2.75, 3.05) is 18.4 Å². The molecule has 0 aliphatic carbocycles.